The molecule has 1 amide bonds. The van der Waals surface area contributed by atoms with Gasteiger partial charge < -0.3 is 23.8 Å². The molecule has 1 aliphatic carbocycles. The SMILES string of the molecule is CCOC(=O)C1CCC(Oc2ccc(CN(CCC3(c4ccc(OC(F)(F)F)cc4)CCOC(C)(C)C3)C(=O)C(C)(C)C)cc2)CC1. The Morgan fingerprint density at radius 2 is 1.55 bits per heavy atom. The summed E-state index contributed by atoms with van der Waals surface area (Å²) in [6, 6.07) is 14.0. The molecule has 1 saturated carbocycles. The lowest BCUT2D eigenvalue weighted by Crippen LogP contribution is -2.47. The minimum atomic E-state index is -4.76. The summed E-state index contributed by atoms with van der Waals surface area (Å²) in [5, 5.41) is 0. The first-order valence-corrected chi connectivity index (χ1v) is 16.7. The Morgan fingerprint density at radius 3 is 2.11 bits per heavy atom. The molecule has 0 spiro atoms. The number of benzene rings is 2. The molecule has 0 radical (unpaired) electrons. The van der Waals surface area contributed by atoms with Crippen LogP contribution in [0.3, 0.4) is 0 Å². The van der Waals surface area contributed by atoms with Gasteiger partial charge in [-0.25, -0.2) is 0 Å². The van der Waals surface area contributed by atoms with Gasteiger partial charge >= 0.3 is 12.3 Å². The molecule has 4 rings (SSSR count). The molecule has 0 aromatic heterocycles. The highest BCUT2D eigenvalue weighted by Crippen LogP contribution is 2.45. The number of rotatable bonds is 11. The van der Waals surface area contributed by atoms with Crippen LogP contribution >= 0.6 is 0 Å². The number of nitrogens with zero attached hydrogens (tertiary/aromatic N) is 1. The standard InChI is InChI=1S/C37H50F3NO6/c1-7-44-32(42)27-10-16-30(17-11-27)46-29-14-8-26(9-15-29)24-41(33(43)34(2,3)4)22-20-36(21-23-45-35(5,6)25-36)28-12-18-31(19-13-28)47-37(38,39)40/h8-9,12-15,18-19,27,30H,7,10-11,16-17,20-25H2,1-6H3. The van der Waals surface area contributed by atoms with Crippen molar-refractivity contribution in [2.45, 2.75) is 117 Å². The second-order valence-corrected chi connectivity index (χ2v) is 14.6. The fourth-order valence-electron chi connectivity index (χ4n) is 6.93. The topological polar surface area (TPSA) is 74.3 Å². The average Bonchev–Trinajstić information content (AvgIpc) is 2.99. The van der Waals surface area contributed by atoms with Crippen LogP contribution < -0.4 is 9.47 Å². The summed E-state index contributed by atoms with van der Waals surface area (Å²) < 4.78 is 60.0. The lowest BCUT2D eigenvalue weighted by atomic mass is 9.67. The molecule has 1 heterocycles. The van der Waals surface area contributed by atoms with E-state index in [9.17, 15) is 22.8 Å². The van der Waals surface area contributed by atoms with Gasteiger partial charge in [0, 0.05) is 30.5 Å². The fraction of sp³-hybridized carbons (Fsp3) is 0.622. The zero-order chi connectivity index (χ0) is 34.5. The summed E-state index contributed by atoms with van der Waals surface area (Å²) in [7, 11) is 0. The number of esters is 1. The second-order valence-electron chi connectivity index (χ2n) is 14.6. The van der Waals surface area contributed by atoms with E-state index in [4.69, 9.17) is 14.2 Å². The van der Waals surface area contributed by atoms with Gasteiger partial charge in [-0.05, 0) is 101 Å². The Balaban J connectivity index is 1.46. The number of amides is 1. The molecular formula is C37H50F3NO6. The molecule has 10 heteroatoms. The number of carbonyl (C=O) groups is 2. The van der Waals surface area contributed by atoms with Crippen molar-refractivity contribution < 1.29 is 41.7 Å². The lowest BCUT2D eigenvalue weighted by Gasteiger charge is -2.46. The number of halogens is 3. The number of ether oxygens (including phenoxy) is 4. The molecule has 7 nitrogen and oxygen atoms in total. The van der Waals surface area contributed by atoms with E-state index in [2.05, 4.69) is 4.74 Å². The molecular weight excluding hydrogens is 611 g/mol. The normalized spacial score (nSPS) is 23.1. The third-order valence-electron chi connectivity index (χ3n) is 9.22. The van der Waals surface area contributed by atoms with Crippen molar-refractivity contribution in [1.29, 1.82) is 0 Å². The number of hydrogen-bond donors (Lipinski definition) is 0. The summed E-state index contributed by atoms with van der Waals surface area (Å²) in [5.74, 6) is 0.334. The van der Waals surface area contributed by atoms with E-state index in [1.54, 1.807) is 12.1 Å². The molecule has 47 heavy (non-hydrogen) atoms. The van der Waals surface area contributed by atoms with Gasteiger partial charge in [-0.15, -0.1) is 13.2 Å². The molecule has 260 valence electrons. The maximum absolute atomic E-state index is 13.8. The molecule has 2 fully saturated rings. The first-order chi connectivity index (χ1) is 22.0. The van der Waals surface area contributed by atoms with Gasteiger partial charge in [0.2, 0.25) is 5.91 Å². The van der Waals surface area contributed by atoms with E-state index in [0.29, 0.717) is 45.6 Å². The van der Waals surface area contributed by atoms with Gasteiger partial charge in [0.25, 0.3) is 0 Å². The van der Waals surface area contributed by atoms with Gasteiger partial charge in [-0.1, -0.05) is 45.0 Å². The van der Waals surface area contributed by atoms with E-state index in [-0.39, 0.29) is 29.6 Å². The predicted octanol–water partition coefficient (Wildman–Crippen LogP) is 8.38. The zero-order valence-corrected chi connectivity index (χ0v) is 28.6. The maximum Gasteiger partial charge on any atom is 0.573 e. The summed E-state index contributed by atoms with van der Waals surface area (Å²) in [5.41, 5.74) is 0.426. The molecule has 1 aliphatic heterocycles. The van der Waals surface area contributed by atoms with E-state index in [0.717, 1.165) is 42.6 Å². The summed E-state index contributed by atoms with van der Waals surface area (Å²) in [6.45, 7) is 13.4. The molecule has 0 bridgehead atoms. The van der Waals surface area contributed by atoms with Crippen LogP contribution in [0.1, 0.15) is 97.6 Å². The van der Waals surface area contributed by atoms with Gasteiger partial charge in [-0.2, -0.15) is 0 Å². The lowest BCUT2D eigenvalue weighted by molar-refractivity contribution is -0.274. The van der Waals surface area contributed by atoms with Crippen molar-refractivity contribution in [3.8, 4) is 11.5 Å². The Bertz CT molecular complexity index is 1330. The Labute approximate surface area is 277 Å². The minimum Gasteiger partial charge on any atom is -0.490 e. The van der Waals surface area contributed by atoms with Crippen molar-refractivity contribution >= 4 is 11.9 Å². The van der Waals surface area contributed by atoms with Crippen molar-refractivity contribution in [3.63, 3.8) is 0 Å². The third kappa shape index (κ3) is 10.4. The molecule has 0 N–H and O–H groups in total. The van der Waals surface area contributed by atoms with Crippen LogP contribution in [0.15, 0.2) is 48.5 Å². The highest BCUT2D eigenvalue weighted by Gasteiger charge is 2.43. The van der Waals surface area contributed by atoms with E-state index < -0.39 is 22.8 Å². The Kier molecular flexibility index (Phi) is 11.6. The van der Waals surface area contributed by atoms with Crippen LogP contribution in [0.25, 0.3) is 0 Å². The van der Waals surface area contributed by atoms with Crippen molar-refractivity contribution in [2.24, 2.45) is 11.3 Å². The first kappa shape index (κ1) is 36.6. The van der Waals surface area contributed by atoms with Crippen LogP contribution in [-0.2, 0) is 31.0 Å². The quantitative estimate of drug-likeness (QED) is 0.225. The van der Waals surface area contributed by atoms with Gasteiger partial charge in [0.15, 0.2) is 0 Å². The fourth-order valence-corrected chi connectivity index (χ4v) is 6.93. The maximum atomic E-state index is 13.8. The monoisotopic (exact) mass is 661 g/mol. The van der Waals surface area contributed by atoms with Crippen LogP contribution in [0.4, 0.5) is 13.2 Å². The summed E-state index contributed by atoms with van der Waals surface area (Å²) in [4.78, 5) is 27.7. The smallest absolute Gasteiger partial charge is 0.490 e. The minimum absolute atomic E-state index is 0.0200. The first-order valence-electron chi connectivity index (χ1n) is 16.7. The van der Waals surface area contributed by atoms with E-state index >= 15 is 0 Å². The number of hydrogen-bond acceptors (Lipinski definition) is 6. The molecule has 2 aliphatic rings. The number of alkyl halides is 3. The van der Waals surface area contributed by atoms with Gasteiger partial charge in [0.05, 0.1) is 24.2 Å². The van der Waals surface area contributed by atoms with E-state index in [1.807, 2.05) is 70.7 Å². The van der Waals surface area contributed by atoms with Crippen LogP contribution in [0, 0.1) is 11.3 Å². The Hall–Kier alpha value is -3.27. The molecule has 1 unspecified atom stereocenters. The third-order valence-corrected chi connectivity index (χ3v) is 9.22. The average molecular weight is 662 g/mol. The molecule has 1 atom stereocenters. The van der Waals surface area contributed by atoms with Crippen molar-refractivity contribution in [2.75, 3.05) is 19.8 Å². The van der Waals surface area contributed by atoms with E-state index in [1.165, 1.54) is 12.1 Å². The van der Waals surface area contributed by atoms with Gasteiger partial charge in [-0.3, -0.25) is 9.59 Å². The van der Waals surface area contributed by atoms with Crippen LogP contribution in [0.5, 0.6) is 11.5 Å². The van der Waals surface area contributed by atoms with Crippen molar-refractivity contribution in [1.82, 2.24) is 4.90 Å². The highest BCUT2D eigenvalue weighted by molar-refractivity contribution is 5.81. The zero-order valence-electron chi connectivity index (χ0n) is 28.6. The number of carbonyl (C=O) groups excluding carboxylic acids is 2. The second kappa shape index (κ2) is 14.9. The summed E-state index contributed by atoms with van der Waals surface area (Å²) in [6.07, 6.45) is 0.330. The molecule has 2 aromatic rings. The van der Waals surface area contributed by atoms with Crippen molar-refractivity contribution in [3.05, 3.63) is 59.7 Å². The summed E-state index contributed by atoms with van der Waals surface area (Å²) >= 11 is 0. The highest BCUT2D eigenvalue weighted by atomic mass is 19.4. The molecule has 2 aromatic carbocycles. The van der Waals surface area contributed by atoms with Gasteiger partial charge in [0.1, 0.15) is 11.5 Å². The Morgan fingerprint density at radius 1 is 0.936 bits per heavy atom. The van der Waals surface area contributed by atoms with Crippen LogP contribution in [-0.4, -0.2) is 54.6 Å². The molecule has 1 saturated heterocycles. The van der Waals surface area contributed by atoms with Crippen LogP contribution in [0.2, 0.25) is 0 Å². The largest absolute Gasteiger partial charge is 0.573 e. The predicted molar refractivity (Wildman–Crippen MR) is 173 cm³/mol.